The number of benzene rings is 2. The molecule has 0 fully saturated rings. The fourth-order valence-corrected chi connectivity index (χ4v) is 3.24. The van der Waals surface area contributed by atoms with E-state index in [1.807, 2.05) is 6.07 Å². The van der Waals surface area contributed by atoms with Crippen molar-refractivity contribution in [2.45, 2.75) is 25.9 Å². The summed E-state index contributed by atoms with van der Waals surface area (Å²) >= 11 is 0. The molecule has 170 valence electrons. The monoisotopic (exact) mass is 452 g/mol. The number of para-hydroxylation sites is 1. The normalized spacial score (nSPS) is 14.8. The van der Waals surface area contributed by atoms with Crippen molar-refractivity contribution in [1.29, 1.82) is 5.26 Å². The molecule has 0 aromatic heterocycles. The molecule has 3 rings (SSSR count). The molecule has 9 nitrogen and oxygen atoms in total. The molecule has 0 saturated heterocycles. The van der Waals surface area contributed by atoms with E-state index in [4.69, 9.17) is 10.00 Å². The number of nitriles is 1. The van der Waals surface area contributed by atoms with Crippen molar-refractivity contribution >= 4 is 29.4 Å². The number of fused-ring (bicyclic) bond motifs is 1. The molecule has 1 aliphatic heterocycles. The number of amides is 3. The minimum atomic E-state index is -1.16. The molecular formula is C23H21FN4O5. The van der Waals surface area contributed by atoms with Gasteiger partial charge >= 0.3 is 5.97 Å². The Morgan fingerprint density at radius 2 is 1.97 bits per heavy atom. The number of halogens is 1. The number of hydrogen-bond donors (Lipinski definition) is 2. The third-order valence-corrected chi connectivity index (χ3v) is 5.06. The van der Waals surface area contributed by atoms with E-state index in [0.29, 0.717) is 5.69 Å². The van der Waals surface area contributed by atoms with Crippen LogP contribution in [0.3, 0.4) is 0 Å². The van der Waals surface area contributed by atoms with Crippen molar-refractivity contribution in [2.75, 3.05) is 18.5 Å². The smallest absolute Gasteiger partial charge is 0.308 e. The van der Waals surface area contributed by atoms with E-state index in [2.05, 4.69) is 10.6 Å². The highest BCUT2D eigenvalue weighted by atomic mass is 19.1. The van der Waals surface area contributed by atoms with Crippen molar-refractivity contribution < 1.29 is 28.3 Å². The molecule has 2 aromatic carbocycles. The van der Waals surface area contributed by atoms with Gasteiger partial charge in [-0.3, -0.25) is 19.2 Å². The lowest BCUT2D eigenvalue weighted by Gasteiger charge is -2.21. The van der Waals surface area contributed by atoms with Gasteiger partial charge in [-0.25, -0.2) is 4.39 Å². The molecule has 33 heavy (non-hydrogen) atoms. The third kappa shape index (κ3) is 5.71. The highest BCUT2D eigenvalue weighted by Crippen LogP contribution is 2.19. The number of nitrogens with one attached hydrogen (secondary N) is 2. The van der Waals surface area contributed by atoms with E-state index in [9.17, 15) is 23.6 Å². The summed E-state index contributed by atoms with van der Waals surface area (Å²) in [6, 6.07) is 11.0. The standard InChI is InChI=1S/C23H21FN4O5/c1-2-28(12-15-8-7-14(11-25)9-17(15)24)20(29)13-33-21(30)10-19-23(32)26-18-6-4-3-5-16(18)22(31)27-19/h3-9,19H,2,10,12-13H2,1H3,(H,26,32)(H,27,31)/t19-/m0/s1. The molecule has 1 aliphatic rings. The second-order valence-corrected chi connectivity index (χ2v) is 7.25. The van der Waals surface area contributed by atoms with Gasteiger partial charge in [0, 0.05) is 18.7 Å². The SMILES string of the molecule is CCN(Cc1ccc(C#N)cc1F)C(=O)COC(=O)C[C@@H]1NC(=O)c2ccccc2NC1=O. The number of hydrogen-bond acceptors (Lipinski definition) is 6. The fourth-order valence-electron chi connectivity index (χ4n) is 3.24. The first-order valence-corrected chi connectivity index (χ1v) is 10.1. The molecule has 0 unspecified atom stereocenters. The van der Waals surface area contributed by atoms with Gasteiger partial charge in [0.15, 0.2) is 6.61 Å². The number of esters is 1. The summed E-state index contributed by atoms with van der Waals surface area (Å²) in [4.78, 5) is 50.7. The number of nitrogens with zero attached hydrogens (tertiary/aromatic N) is 2. The second-order valence-electron chi connectivity index (χ2n) is 7.25. The van der Waals surface area contributed by atoms with Crippen molar-refractivity contribution in [3.8, 4) is 6.07 Å². The Bertz CT molecular complexity index is 1140. The quantitative estimate of drug-likeness (QED) is 0.616. The molecule has 1 atom stereocenters. The molecule has 0 aliphatic carbocycles. The summed E-state index contributed by atoms with van der Waals surface area (Å²) in [5, 5.41) is 13.9. The fraction of sp³-hybridized carbons (Fsp3) is 0.261. The van der Waals surface area contributed by atoms with Crippen LogP contribution in [0, 0.1) is 17.1 Å². The van der Waals surface area contributed by atoms with Crippen LogP contribution in [0.4, 0.5) is 10.1 Å². The van der Waals surface area contributed by atoms with Crippen LogP contribution in [0.1, 0.15) is 34.8 Å². The summed E-state index contributed by atoms with van der Waals surface area (Å²) in [6.45, 7) is 1.25. The van der Waals surface area contributed by atoms with Gasteiger partial charge in [0.1, 0.15) is 11.9 Å². The molecular weight excluding hydrogens is 431 g/mol. The molecule has 0 bridgehead atoms. The lowest BCUT2D eigenvalue weighted by atomic mass is 10.1. The van der Waals surface area contributed by atoms with Crippen molar-refractivity contribution in [1.82, 2.24) is 10.2 Å². The van der Waals surface area contributed by atoms with Gasteiger partial charge < -0.3 is 20.3 Å². The van der Waals surface area contributed by atoms with Crippen molar-refractivity contribution in [3.63, 3.8) is 0 Å². The number of carbonyl (C=O) groups excluding carboxylic acids is 4. The van der Waals surface area contributed by atoms with Gasteiger partial charge in [-0.05, 0) is 31.2 Å². The average Bonchev–Trinajstić information content (AvgIpc) is 2.92. The van der Waals surface area contributed by atoms with Gasteiger partial charge in [0.25, 0.3) is 11.8 Å². The zero-order chi connectivity index (χ0) is 24.0. The van der Waals surface area contributed by atoms with Gasteiger partial charge in [-0.15, -0.1) is 0 Å². The Morgan fingerprint density at radius 1 is 1.21 bits per heavy atom. The van der Waals surface area contributed by atoms with Crippen molar-refractivity contribution in [2.24, 2.45) is 0 Å². The largest absolute Gasteiger partial charge is 0.455 e. The summed E-state index contributed by atoms with van der Waals surface area (Å²) in [5.74, 6) is -3.12. The first kappa shape index (κ1) is 23.4. The minimum Gasteiger partial charge on any atom is -0.455 e. The van der Waals surface area contributed by atoms with E-state index in [1.54, 1.807) is 31.2 Å². The number of rotatable bonds is 7. The summed E-state index contributed by atoms with van der Waals surface area (Å²) in [6.07, 6.45) is -0.463. The number of carbonyl (C=O) groups is 4. The van der Waals surface area contributed by atoms with Crippen LogP contribution < -0.4 is 10.6 Å². The lowest BCUT2D eigenvalue weighted by Crippen LogP contribution is -2.43. The van der Waals surface area contributed by atoms with Crippen molar-refractivity contribution in [3.05, 3.63) is 65.0 Å². The Labute approximate surface area is 189 Å². The van der Waals surface area contributed by atoms with Crippen LogP contribution in [-0.4, -0.2) is 47.8 Å². The highest BCUT2D eigenvalue weighted by molar-refractivity contribution is 6.10. The lowest BCUT2D eigenvalue weighted by molar-refractivity contribution is -0.153. The van der Waals surface area contributed by atoms with Crippen LogP contribution in [0.15, 0.2) is 42.5 Å². The zero-order valence-electron chi connectivity index (χ0n) is 17.8. The Hall–Kier alpha value is -4.26. The molecule has 0 spiro atoms. The Morgan fingerprint density at radius 3 is 2.67 bits per heavy atom. The Kier molecular flexibility index (Phi) is 7.35. The first-order chi connectivity index (χ1) is 15.8. The Balaban J connectivity index is 1.55. The van der Waals surface area contributed by atoms with Gasteiger partial charge in [-0.2, -0.15) is 5.26 Å². The molecule has 1 heterocycles. The van der Waals surface area contributed by atoms with Gasteiger partial charge in [0.2, 0.25) is 5.91 Å². The van der Waals surface area contributed by atoms with Crippen LogP contribution >= 0.6 is 0 Å². The maximum Gasteiger partial charge on any atom is 0.308 e. The topological polar surface area (TPSA) is 129 Å². The average molecular weight is 452 g/mol. The molecule has 2 N–H and O–H groups in total. The molecule has 0 saturated carbocycles. The van der Waals surface area contributed by atoms with Crippen LogP contribution in [0.2, 0.25) is 0 Å². The highest BCUT2D eigenvalue weighted by Gasteiger charge is 2.30. The molecule has 10 heteroatoms. The summed E-state index contributed by atoms with van der Waals surface area (Å²) in [5.41, 5.74) is 0.982. The van der Waals surface area contributed by atoms with Crippen LogP contribution in [-0.2, 0) is 25.7 Å². The third-order valence-electron chi connectivity index (χ3n) is 5.06. The maximum atomic E-state index is 14.1. The van der Waals surface area contributed by atoms with E-state index in [-0.39, 0.29) is 29.8 Å². The number of ether oxygens (including phenoxy) is 1. The zero-order valence-corrected chi connectivity index (χ0v) is 17.8. The van der Waals surface area contributed by atoms with E-state index < -0.39 is 48.6 Å². The van der Waals surface area contributed by atoms with E-state index in [1.165, 1.54) is 17.0 Å². The minimum absolute atomic E-state index is 0.0657. The summed E-state index contributed by atoms with van der Waals surface area (Å²) in [7, 11) is 0. The second kappa shape index (κ2) is 10.4. The molecule has 3 amide bonds. The predicted molar refractivity (Wildman–Crippen MR) is 114 cm³/mol. The number of likely N-dealkylation sites (N-methyl/N-ethyl adjacent to an activating group) is 1. The summed E-state index contributed by atoms with van der Waals surface area (Å²) < 4.78 is 19.1. The number of anilines is 1. The van der Waals surface area contributed by atoms with Gasteiger partial charge in [-0.1, -0.05) is 18.2 Å². The predicted octanol–water partition coefficient (Wildman–Crippen LogP) is 1.73. The first-order valence-electron chi connectivity index (χ1n) is 10.1. The van der Waals surface area contributed by atoms with E-state index in [0.717, 1.165) is 6.07 Å². The molecule has 0 radical (unpaired) electrons. The molecule has 2 aromatic rings. The maximum absolute atomic E-state index is 14.1. The van der Waals surface area contributed by atoms with E-state index >= 15 is 0 Å². The van der Waals surface area contributed by atoms with Crippen LogP contribution in [0.5, 0.6) is 0 Å². The van der Waals surface area contributed by atoms with Crippen LogP contribution in [0.25, 0.3) is 0 Å². The van der Waals surface area contributed by atoms with Gasteiger partial charge in [0.05, 0.1) is 29.3 Å².